The highest BCUT2D eigenvalue weighted by molar-refractivity contribution is 5.74. The summed E-state index contributed by atoms with van der Waals surface area (Å²) in [6.45, 7) is 14.7. The van der Waals surface area contributed by atoms with Crippen molar-refractivity contribution in [3.63, 3.8) is 0 Å². The molecule has 0 aliphatic heterocycles. The summed E-state index contributed by atoms with van der Waals surface area (Å²) in [5.74, 6) is 0. The Labute approximate surface area is 73.2 Å². The first-order valence-electron chi connectivity index (χ1n) is 3.79. The van der Waals surface area contributed by atoms with Gasteiger partial charge in [0.25, 0.3) is 0 Å². The van der Waals surface area contributed by atoms with Crippen LogP contribution in [0.15, 0.2) is 24.8 Å². The van der Waals surface area contributed by atoms with Gasteiger partial charge in [-0.15, -0.1) is 0 Å². The minimum absolute atomic E-state index is 0.688. The quantitative estimate of drug-likeness (QED) is 0.549. The van der Waals surface area contributed by atoms with E-state index in [1.165, 1.54) is 5.56 Å². The molecule has 1 nitrogen and oxygen atoms in total. The summed E-state index contributed by atoms with van der Waals surface area (Å²) in [4.78, 5) is 3.42. The van der Waals surface area contributed by atoms with Gasteiger partial charge < -0.3 is 0 Å². The lowest BCUT2D eigenvalue weighted by atomic mass is 10.0. The number of rotatable bonds is 1. The fourth-order valence-corrected chi connectivity index (χ4v) is 1.09. The number of aryl methyl sites for hydroxylation is 1. The van der Waals surface area contributed by atoms with Gasteiger partial charge in [0, 0.05) is 0 Å². The van der Waals surface area contributed by atoms with E-state index in [0.29, 0.717) is 5.69 Å². The lowest BCUT2D eigenvalue weighted by molar-refractivity contribution is 1.45. The molecule has 0 amide bonds. The van der Waals surface area contributed by atoms with Crippen molar-refractivity contribution in [1.82, 2.24) is 0 Å². The van der Waals surface area contributed by atoms with Gasteiger partial charge in [0.1, 0.15) is 0 Å². The lowest BCUT2D eigenvalue weighted by Gasteiger charge is -2.03. The summed E-state index contributed by atoms with van der Waals surface area (Å²) in [7, 11) is 0. The van der Waals surface area contributed by atoms with Crippen LogP contribution < -0.4 is 0 Å². The van der Waals surface area contributed by atoms with Crippen LogP contribution in [0.3, 0.4) is 0 Å². The summed E-state index contributed by atoms with van der Waals surface area (Å²) in [6, 6.07) is 5.78. The average molecular weight is 157 g/mol. The van der Waals surface area contributed by atoms with Gasteiger partial charge in [-0.05, 0) is 19.4 Å². The second-order valence-corrected chi connectivity index (χ2v) is 2.91. The van der Waals surface area contributed by atoms with Crippen molar-refractivity contribution < 1.29 is 0 Å². The molecule has 0 bridgehead atoms. The average Bonchev–Trinajstić information content (AvgIpc) is 2.04. The number of hydrogen-bond donors (Lipinski definition) is 0. The zero-order chi connectivity index (χ0) is 9.14. The predicted molar refractivity (Wildman–Crippen MR) is 52.1 cm³/mol. The second-order valence-electron chi connectivity index (χ2n) is 2.91. The molecule has 60 valence electrons. The van der Waals surface area contributed by atoms with Gasteiger partial charge in [-0.1, -0.05) is 35.9 Å². The molecule has 0 aliphatic carbocycles. The van der Waals surface area contributed by atoms with Gasteiger partial charge in [-0.2, -0.15) is 0 Å². The summed E-state index contributed by atoms with van der Waals surface area (Å²) in [6.07, 6.45) is 0. The number of allylic oxidation sites excluding steroid dienone is 1. The van der Waals surface area contributed by atoms with Crippen LogP contribution in [0.4, 0.5) is 5.69 Å². The van der Waals surface area contributed by atoms with Crippen molar-refractivity contribution in [2.24, 2.45) is 0 Å². The van der Waals surface area contributed by atoms with Crippen LogP contribution in [-0.4, -0.2) is 0 Å². The van der Waals surface area contributed by atoms with Crippen molar-refractivity contribution in [2.45, 2.75) is 13.8 Å². The second kappa shape index (κ2) is 3.23. The molecule has 0 radical (unpaired) electrons. The fraction of sp³-hybridized carbons (Fsp3) is 0.182. The van der Waals surface area contributed by atoms with Gasteiger partial charge in [0.15, 0.2) is 5.69 Å². The molecule has 0 N–H and O–H groups in total. The Morgan fingerprint density at radius 1 is 1.50 bits per heavy atom. The fourth-order valence-electron chi connectivity index (χ4n) is 1.09. The zero-order valence-corrected chi connectivity index (χ0v) is 7.39. The van der Waals surface area contributed by atoms with Crippen LogP contribution >= 0.6 is 0 Å². The van der Waals surface area contributed by atoms with E-state index in [4.69, 9.17) is 6.57 Å². The van der Waals surface area contributed by atoms with E-state index in [0.717, 1.165) is 11.1 Å². The third-order valence-electron chi connectivity index (χ3n) is 1.73. The first kappa shape index (κ1) is 8.55. The van der Waals surface area contributed by atoms with E-state index in [2.05, 4.69) is 11.4 Å². The largest absolute Gasteiger partial charge is 0.238 e. The van der Waals surface area contributed by atoms with Crippen LogP contribution in [-0.2, 0) is 0 Å². The molecule has 1 heteroatoms. The minimum Gasteiger partial charge on any atom is -0.238 e. The Hall–Kier alpha value is -1.55. The van der Waals surface area contributed by atoms with Gasteiger partial charge in [0.05, 0.1) is 6.57 Å². The Bertz CT molecular complexity index is 356. The van der Waals surface area contributed by atoms with Crippen molar-refractivity contribution >= 4 is 11.3 Å². The minimum atomic E-state index is 0.688. The third-order valence-corrected chi connectivity index (χ3v) is 1.73. The summed E-state index contributed by atoms with van der Waals surface area (Å²) in [5, 5.41) is 0. The van der Waals surface area contributed by atoms with Gasteiger partial charge in [0.2, 0.25) is 0 Å². The highest BCUT2D eigenvalue weighted by Crippen LogP contribution is 2.25. The maximum absolute atomic E-state index is 6.93. The molecule has 1 aromatic carbocycles. The van der Waals surface area contributed by atoms with E-state index in [1.807, 2.05) is 32.0 Å². The molecule has 0 spiro atoms. The number of hydrogen-bond acceptors (Lipinski definition) is 0. The Morgan fingerprint density at radius 3 is 2.67 bits per heavy atom. The van der Waals surface area contributed by atoms with E-state index in [1.54, 1.807) is 0 Å². The molecule has 0 fully saturated rings. The molecule has 0 saturated heterocycles. The van der Waals surface area contributed by atoms with Crippen molar-refractivity contribution in [3.05, 3.63) is 47.3 Å². The zero-order valence-electron chi connectivity index (χ0n) is 7.39. The van der Waals surface area contributed by atoms with E-state index in [-0.39, 0.29) is 0 Å². The normalized spacial score (nSPS) is 9.08. The van der Waals surface area contributed by atoms with Gasteiger partial charge in [-0.3, -0.25) is 0 Å². The maximum Gasteiger partial charge on any atom is 0.194 e. The molecule has 0 saturated carbocycles. The first-order chi connectivity index (χ1) is 5.65. The van der Waals surface area contributed by atoms with E-state index < -0.39 is 0 Å². The van der Waals surface area contributed by atoms with Crippen LogP contribution in [0.1, 0.15) is 18.1 Å². The SMILES string of the molecule is [C-]#[N+]c1ccc(C)cc1C(=C)C. The van der Waals surface area contributed by atoms with Crippen LogP contribution in [0.5, 0.6) is 0 Å². The summed E-state index contributed by atoms with van der Waals surface area (Å²) < 4.78 is 0. The standard InChI is InChI=1S/C11H11N/c1-8(2)10-7-9(3)5-6-11(10)12-4/h5-7H,1H2,2-3H3. The van der Waals surface area contributed by atoms with Crippen LogP contribution in [0.25, 0.3) is 10.4 Å². The van der Waals surface area contributed by atoms with Crippen LogP contribution in [0.2, 0.25) is 0 Å². The van der Waals surface area contributed by atoms with E-state index >= 15 is 0 Å². The highest BCUT2D eigenvalue weighted by atomic mass is 14.6. The van der Waals surface area contributed by atoms with Crippen LogP contribution in [0, 0.1) is 13.5 Å². The number of benzene rings is 1. The van der Waals surface area contributed by atoms with Gasteiger partial charge in [-0.25, -0.2) is 4.85 Å². The molecule has 0 aliphatic rings. The van der Waals surface area contributed by atoms with Crippen molar-refractivity contribution in [3.8, 4) is 0 Å². The molecule has 1 rings (SSSR count). The molecular formula is C11H11N. The molecule has 0 unspecified atom stereocenters. The Balaban J connectivity index is 3.34. The lowest BCUT2D eigenvalue weighted by Crippen LogP contribution is -1.80. The monoisotopic (exact) mass is 157 g/mol. The predicted octanol–water partition coefficient (Wildman–Crippen LogP) is 3.58. The summed E-state index contributed by atoms with van der Waals surface area (Å²) >= 11 is 0. The molecule has 0 aromatic heterocycles. The Kier molecular flexibility index (Phi) is 2.30. The van der Waals surface area contributed by atoms with E-state index in [9.17, 15) is 0 Å². The van der Waals surface area contributed by atoms with Gasteiger partial charge >= 0.3 is 0 Å². The molecule has 0 heterocycles. The maximum atomic E-state index is 6.93. The van der Waals surface area contributed by atoms with Crippen molar-refractivity contribution in [1.29, 1.82) is 0 Å². The smallest absolute Gasteiger partial charge is 0.194 e. The first-order valence-corrected chi connectivity index (χ1v) is 3.79. The Morgan fingerprint density at radius 2 is 2.17 bits per heavy atom. The molecular weight excluding hydrogens is 146 g/mol. The molecule has 12 heavy (non-hydrogen) atoms. The van der Waals surface area contributed by atoms with Crippen molar-refractivity contribution in [2.75, 3.05) is 0 Å². The number of nitrogens with zero attached hydrogens (tertiary/aromatic N) is 1. The highest BCUT2D eigenvalue weighted by Gasteiger charge is 2.01. The topological polar surface area (TPSA) is 4.36 Å². The summed E-state index contributed by atoms with van der Waals surface area (Å²) in [5.41, 5.74) is 3.77. The molecule has 0 atom stereocenters. The third kappa shape index (κ3) is 1.54. The molecule has 1 aromatic rings.